The molecule has 0 unspecified atom stereocenters. The molecule has 0 aromatic rings. The number of unbranched alkanes of at least 4 members (excludes halogenated alkanes) is 22. The number of nitrogens with zero attached hydrogens (tertiary/aromatic N) is 1. The highest BCUT2D eigenvalue weighted by atomic mass is 35.5. The summed E-state index contributed by atoms with van der Waals surface area (Å²) in [5.41, 5.74) is 2.33. The second-order valence-electron chi connectivity index (χ2n) is 14.6. The van der Waals surface area contributed by atoms with Gasteiger partial charge in [0.05, 0.1) is 27.2 Å². The predicted molar refractivity (Wildman–Crippen MR) is 211 cm³/mol. The molecule has 1 N–H and O–H groups in total. The largest absolute Gasteiger partial charge is 1.00 e. The van der Waals surface area contributed by atoms with Crippen molar-refractivity contribution in [3.05, 3.63) is 24.3 Å². The van der Waals surface area contributed by atoms with E-state index in [0.717, 1.165) is 43.0 Å². The van der Waals surface area contributed by atoms with Crippen LogP contribution in [0, 0.1) is 0 Å². The molecule has 0 fully saturated rings. The minimum absolute atomic E-state index is 0. The second-order valence-corrected chi connectivity index (χ2v) is 14.6. The van der Waals surface area contributed by atoms with Crippen LogP contribution in [-0.4, -0.2) is 43.5 Å². The van der Waals surface area contributed by atoms with Crippen LogP contribution < -0.4 is 17.9 Å². The van der Waals surface area contributed by atoms with Gasteiger partial charge in [-0.2, -0.15) is 5.48 Å². The van der Waals surface area contributed by atoms with Crippen molar-refractivity contribution >= 4 is 11.9 Å². The van der Waals surface area contributed by atoms with E-state index in [9.17, 15) is 9.59 Å². The number of halogens is 1. The van der Waals surface area contributed by atoms with Gasteiger partial charge in [-0.3, -0.25) is 4.79 Å². The average molecular weight is 714 g/mol. The van der Waals surface area contributed by atoms with Crippen molar-refractivity contribution in [1.82, 2.24) is 5.48 Å². The van der Waals surface area contributed by atoms with Crippen LogP contribution in [0.5, 0.6) is 0 Å². The summed E-state index contributed by atoms with van der Waals surface area (Å²) in [5, 5.41) is 0. The molecule has 49 heavy (non-hydrogen) atoms. The van der Waals surface area contributed by atoms with Crippen molar-refractivity contribution in [1.29, 1.82) is 0 Å². The van der Waals surface area contributed by atoms with E-state index >= 15 is 0 Å². The molecule has 0 radical (unpaired) electrons. The number of carbonyl (C=O) groups excluding carboxylic acids is 2. The van der Waals surface area contributed by atoms with Gasteiger partial charge in [-0.05, 0) is 77.6 Å². The van der Waals surface area contributed by atoms with Gasteiger partial charge in [-0.25, -0.2) is 4.79 Å². The Bertz CT molecular complexity index is 687. The van der Waals surface area contributed by atoms with Crippen molar-refractivity contribution in [3.63, 3.8) is 0 Å². The summed E-state index contributed by atoms with van der Waals surface area (Å²) in [6.45, 7) is 11.5. The van der Waals surface area contributed by atoms with Gasteiger partial charge in [0, 0.05) is 12.8 Å². The number of nitrogens with one attached hydrogen (secondary N) is 1. The fourth-order valence-corrected chi connectivity index (χ4v) is 5.68. The zero-order valence-corrected chi connectivity index (χ0v) is 34.5. The molecule has 0 heterocycles. The molecule has 0 bridgehead atoms. The topological polar surface area (TPSA) is 55.4 Å². The molecule has 0 aliphatic rings. The highest BCUT2D eigenvalue weighted by Crippen LogP contribution is 2.12. The average Bonchev–Trinajstić information content (AvgIpc) is 3.07. The summed E-state index contributed by atoms with van der Waals surface area (Å²) >= 11 is 0. The lowest BCUT2D eigenvalue weighted by atomic mass is 10.1. The van der Waals surface area contributed by atoms with Gasteiger partial charge in [-0.1, -0.05) is 148 Å². The van der Waals surface area contributed by atoms with Crippen LogP contribution in [0.15, 0.2) is 24.3 Å². The van der Waals surface area contributed by atoms with Crippen molar-refractivity contribution in [2.45, 2.75) is 214 Å². The SMILES string of the molecule is CCCCCCCCC=CCCCCCCCC(=O)NOC(=O)CCCCCCCC=CCCCCCCCC.CCC[N+](C)(C)CC.[Cl-]. The van der Waals surface area contributed by atoms with Crippen LogP contribution in [0.3, 0.4) is 0 Å². The highest BCUT2D eigenvalue weighted by Gasteiger charge is 2.08. The third-order valence-corrected chi connectivity index (χ3v) is 9.27. The lowest BCUT2D eigenvalue weighted by Crippen LogP contribution is -3.00. The molecule has 0 aliphatic carbocycles. The lowest BCUT2D eigenvalue weighted by molar-refractivity contribution is -0.888. The first kappa shape index (κ1) is 52.0. The van der Waals surface area contributed by atoms with Crippen LogP contribution >= 0.6 is 0 Å². The summed E-state index contributed by atoms with van der Waals surface area (Å²) in [6.07, 6.45) is 43.6. The maximum absolute atomic E-state index is 11.9. The number of carbonyl (C=O) groups is 2. The van der Waals surface area contributed by atoms with E-state index in [4.69, 9.17) is 4.84 Å². The fourth-order valence-electron chi connectivity index (χ4n) is 5.68. The predicted octanol–water partition coefficient (Wildman–Crippen LogP) is 10.1. The number of hydrogen-bond donors (Lipinski definition) is 1. The van der Waals surface area contributed by atoms with E-state index in [-0.39, 0.29) is 24.3 Å². The summed E-state index contributed by atoms with van der Waals surface area (Å²) in [6, 6.07) is 0. The quantitative estimate of drug-likeness (QED) is 0.0319. The maximum Gasteiger partial charge on any atom is 0.332 e. The van der Waals surface area contributed by atoms with Gasteiger partial charge in [0.25, 0.3) is 5.91 Å². The highest BCUT2D eigenvalue weighted by molar-refractivity contribution is 5.77. The monoisotopic (exact) mass is 713 g/mol. The number of quaternary nitrogens is 1. The van der Waals surface area contributed by atoms with E-state index in [0.29, 0.717) is 12.8 Å². The minimum Gasteiger partial charge on any atom is -1.00 e. The van der Waals surface area contributed by atoms with Crippen molar-refractivity contribution in [3.8, 4) is 0 Å². The van der Waals surface area contributed by atoms with Crippen molar-refractivity contribution in [2.75, 3.05) is 27.2 Å². The first-order chi connectivity index (χ1) is 23.3. The Morgan fingerprint density at radius 1 is 0.490 bits per heavy atom. The molecular weight excluding hydrogens is 628 g/mol. The Kier molecular flexibility index (Phi) is 45.5. The second kappa shape index (κ2) is 42.8. The van der Waals surface area contributed by atoms with Crippen LogP contribution in [0.2, 0.25) is 0 Å². The number of amides is 1. The van der Waals surface area contributed by atoms with Gasteiger partial charge in [0.1, 0.15) is 0 Å². The molecule has 0 spiro atoms. The zero-order valence-electron chi connectivity index (χ0n) is 33.8. The van der Waals surface area contributed by atoms with E-state index in [1.54, 1.807) is 0 Å². The van der Waals surface area contributed by atoms with E-state index in [1.807, 2.05) is 0 Å². The molecule has 0 saturated heterocycles. The van der Waals surface area contributed by atoms with Crippen molar-refractivity contribution < 1.29 is 31.3 Å². The first-order valence-electron chi connectivity index (χ1n) is 20.9. The van der Waals surface area contributed by atoms with E-state index in [1.165, 1.54) is 148 Å². The molecule has 6 heteroatoms. The molecule has 0 aliphatic heterocycles. The molecule has 0 aromatic heterocycles. The minimum atomic E-state index is -0.324. The van der Waals surface area contributed by atoms with Gasteiger partial charge in [0.15, 0.2) is 0 Å². The molecule has 0 rings (SSSR count). The Morgan fingerprint density at radius 2 is 0.837 bits per heavy atom. The van der Waals surface area contributed by atoms with Crippen LogP contribution in [-0.2, 0) is 14.4 Å². The van der Waals surface area contributed by atoms with Gasteiger partial charge < -0.3 is 21.7 Å². The van der Waals surface area contributed by atoms with E-state index < -0.39 is 0 Å². The van der Waals surface area contributed by atoms with Gasteiger partial charge in [-0.15, -0.1) is 0 Å². The van der Waals surface area contributed by atoms with Gasteiger partial charge >= 0.3 is 5.97 Å². The molecule has 0 aromatic carbocycles. The summed E-state index contributed by atoms with van der Waals surface area (Å²) in [5.74, 6) is -0.508. The van der Waals surface area contributed by atoms with E-state index in [2.05, 4.69) is 71.6 Å². The molecule has 292 valence electrons. The Balaban J connectivity index is -0.00000207. The molecule has 0 saturated carbocycles. The van der Waals surface area contributed by atoms with Crippen LogP contribution in [0.4, 0.5) is 0 Å². The normalized spacial score (nSPS) is 11.4. The molecule has 5 nitrogen and oxygen atoms in total. The number of rotatable bonds is 33. The number of hydroxylamine groups is 1. The third-order valence-electron chi connectivity index (χ3n) is 9.27. The Morgan fingerprint density at radius 3 is 1.18 bits per heavy atom. The van der Waals surface area contributed by atoms with Crippen LogP contribution in [0.25, 0.3) is 0 Å². The molecule has 1 amide bonds. The first-order valence-corrected chi connectivity index (χ1v) is 20.9. The summed E-state index contributed by atoms with van der Waals surface area (Å²) < 4.78 is 1.16. The Hall–Kier alpha value is -1.33. The molecular formula is C43H85ClN2O3. The number of allylic oxidation sites excluding steroid dienone is 4. The lowest BCUT2D eigenvalue weighted by Gasteiger charge is -2.27. The number of hydrogen-bond acceptors (Lipinski definition) is 3. The van der Waals surface area contributed by atoms with Crippen molar-refractivity contribution in [2.24, 2.45) is 0 Å². The summed E-state index contributed by atoms with van der Waals surface area (Å²) in [7, 11) is 4.53. The smallest absolute Gasteiger partial charge is 0.332 e. The van der Waals surface area contributed by atoms with Crippen LogP contribution in [0.1, 0.15) is 214 Å². The van der Waals surface area contributed by atoms with Gasteiger partial charge in [0.2, 0.25) is 0 Å². The fraction of sp³-hybridized carbons (Fsp3) is 0.860. The zero-order chi connectivity index (χ0) is 35.8. The Labute approximate surface area is 313 Å². The molecule has 0 atom stereocenters. The third kappa shape index (κ3) is 46.7. The standard InChI is InChI=1S/C36H67NO3.C7H18N.ClH/c1-3-5-7-9-11-13-15-17-19-21-23-25-27-29-31-33-35(38)37-40-36(39)34-32-30-28-26-24-22-20-18-16-14-12-10-8-6-4-2;1-5-7-8(3,4)6-2;/h17-20H,3-16,21-34H2,1-2H3,(H,37,38);5-7H2,1-4H3;1H/q;+1;/p-1. The summed E-state index contributed by atoms with van der Waals surface area (Å²) in [4.78, 5) is 28.7. The maximum atomic E-state index is 11.9.